The summed E-state index contributed by atoms with van der Waals surface area (Å²) in [6.45, 7) is 7.26. The number of nitrogens with zero attached hydrogens (tertiary/aromatic N) is 3. The Hall–Kier alpha value is -4.42. The molecule has 1 aliphatic rings. The summed E-state index contributed by atoms with van der Waals surface area (Å²) in [6.07, 6.45) is 1.84. The first-order valence-electron chi connectivity index (χ1n) is 13.5. The van der Waals surface area contributed by atoms with Crippen LogP contribution in [0.15, 0.2) is 109 Å². The average Bonchev–Trinajstić information content (AvgIpc) is 3.46. The van der Waals surface area contributed by atoms with E-state index in [9.17, 15) is 0 Å². The largest absolute Gasteiger partial charge is 0.457 e. The number of anilines is 1. The fraction of sp³-hybridized carbons (Fsp3) is 0.176. The normalized spacial score (nSPS) is 16.7. The summed E-state index contributed by atoms with van der Waals surface area (Å²) in [5.74, 6) is 1.64. The smallest absolute Gasteiger partial charge is 0.174 e. The number of pyridine rings is 1. The molecule has 5 aromatic rings. The zero-order valence-electron chi connectivity index (χ0n) is 22.9. The van der Waals surface area contributed by atoms with E-state index in [0.29, 0.717) is 5.11 Å². The molecule has 1 fully saturated rings. The first-order chi connectivity index (χ1) is 19.5. The molecule has 0 unspecified atom stereocenters. The molecular weight excluding hydrogens is 512 g/mol. The summed E-state index contributed by atoms with van der Waals surface area (Å²) in [5.41, 5.74) is 8.02. The van der Waals surface area contributed by atoms with Gasteiger partial charge in [-0.1, -0.05) is 54.6 Å². The SMILES string of the molecule is Cc1ccccc1Oc1ccc(N2C(=S)N[C@@H](c3ccccn3)[C@@H]2c2cc(C)n(Cc3ccccc3)c2C)cc1. The summed E-state index contributed by atoms with van der Waals surface area (Å²) in [7, 11) is 0. The number of aromatic nitrogens is 2. The van der Waals surface area contributed by atoms with E-state index in [-0.39, 0.29) is 12.1 Å². The van der Waals surface area contributed by atoms with E-state index < -0.39 is 0 Å². The Morgan fingerprint density at radius 1 is 0.850 bits per heavy atom. The Morgan fingerprint density at radius 2 is 1.57 bits per heavy atom. The zero-order valence-corrected chi connectivity index (χ0v) is 23.7. The topological polar surface area (TPSA) is 42.3 Å². The summed E-state index contributed by atoms with van der Waals surface area (Å²) in [5, 5.41) is 4.27. The zero-order chi connectivity index (χ0) is 27.6. The number of aryl methyl sites for hydroxylation is 2. The van der Waals surface area contributed by atoms with Gasteiger partial charge in [-0.25, -0.2) is 0 Å². The van der Waals surface area contributed by atoms with Gasteiger partial charge in [-0.3, -0.25) is 4.98 Å². The molecule has 0 amide bonds. The van der Waals surface area contributed by atoms with Gasteiger partial charge in [0.15, 0.2) is 5.11 Å². The average molecular weight is 545 g/mol. The molecule has 2 atom stereocenters. The third-order valence-electron chi connectivity index (χ3n) is 7.65. The fourth-order valence-corrected chi connectivity index (χ4v) is 5.90. The Bertz CT molecular complexity index is 1630. The molecule has 1 saturated heterocycles. The fourth-order valence-electron chi connectivity index (χ4n) is 5.56. The van der Waals surface area contributed by atoms with Crippen LogP contribution in [0, 0.1) is 20.8 Å². The standard InChI is InChI=1S/C34H32N4OS/c1-23-11-7-8-15-31(23)39-28-18-16-27(17-19-28)38-33(32(36-34(38)40)30-14-9-10-20-35-30)29-21-24(2)37(25(29)3)22-26-12-5-4-6-13-26/h4-21,32-33H,22H2,1-3H3,(H,36,40)/t32-,33-/m0/s1. The minimum Gasteiger partial charge on any atom is -0.457 e. The Kier molecular flexibility index (Phi) is 7.10. The molecule has 2 aromatic heterocycles. The first kappa shape index (κ1) is 25.8. The lowest BCUT2D eigenvalue weighted by Gasteiger charge is -2.28. The molecule has 6 rings (SSSR count). The van der Waals surface area contributed by atoms with Gasteiger partial charge >= 0.3 is 0 Å². The van der Waals surface area contributed by atoms with Crippen LogP contribution in [-0.4, -0.2) is 14.7 Å². The number of hydrogen-bond donors (Lipinski definition) is 1. The van der Waals surface area contributed by atoms with Crippen molar-refractivity contribution >= 4 is 23.0 Å². The van der Waals surface area contributed by atoms with E-state index in [4.69, 9.17) is 21.9 Å². The van der Waals surface area contributed by atoms with E-state index in [1.807, 2.05) is 48.7 Å². The minimum atomic E-state index is -0.0951. The predicted molar refractivity (Wildman–Crippen MR) is 165 cm³/mol. The first-order valence-corrected chi connectivity index (χ1v) is 13.9. The van der Waals surface area contributed by atoms with Crippen LogP contribution in [0.3, 0.4) is 0 Å². The van der Waals surface area contributed by atoms with Gasteiger partial charge in [0.25, 0.3) is 0 Å². The van der Waals surface area contributed by atoms with Gasteiger partial charge in [0.1, 0.15) is 11.5 Å². The number of hydrogen-bond acceptors (Lipinski definition) is 3. The van der Waals surface area contributed by atoms with Gasteiger partial charge in [0.05, 0.1) is 17.8 Å². The van der Waals surface area contributed by atoms with Gasteiger partial charge in [-0.2, -0.15) is 0 Å². The van der Waals surface area contributed by atoms with Crippen molar-refractivity contribution < 1.29 is 4.74 Å². The van der Waals surface area contributed by atoms with Crippen molar-refractivity contribution in [3.8, 4) is 11.5 Å². The van der Waals surface area contributed by atoms with Crippen molar-refractivity contribution in [2.45, 2.75) is 39.4 Å². The third-order valence-corrected chi connectivity index (χ3v) is 7.96. The highest BCUT2D eigenvalue weighted by Gasteiger charge is 2.42. The van der Waals surface area contributed by atoms with Crippen LogP contribution in [-0.2, 0) is 6.54 Å². The maximum Gasteiger partial charge on any atom is 0.174 e. The second-order valence-corrected chi connectivity index (χ2v) is 10.6. The summed E-state index contributed by atoms with van der Waals surface area (Å²) in [6, 6.07) is 35.0. The number of nitrogens with one attached hydrogen (secondary N) is 1. The number of thiocarbonyl (C=S) groups is 1. The van der Waals surface area contributed by atoms with Crippen molar-refractivity contribution in [2.24, 2.45) is 0 Å². The van der Waals surface area contributed by atoms with Crippen LogP contribution in [0.4, 0.5) is 5.69 Å². The molecule has 200 valence electrons. The lowest BCUT2D eigenvalue weighted by Crippen LogP contribution is -2.29. The van der Waals surface area contributed by atoms with Gasteiger partial charge in [-0.05, 0) is 98.2 Å². The maximum absolute atomic E-state index is 6.17. The highest BCUT2D eigenvalue weighted by molar-refractivity contribution is 7.80. The molecule has 40 heavy (non-hydrogen) atoms. The van der Waals surface area contributed by atoms with Crippen molar-refractivity contribution in [3.63, 3.8) is 0 Å². The van der Waals surface area contributed by atoms with Crippen LogP contribution in [0.25, 0.3) is 0 Å². The lowest BCUT2D eigenvalue weighted by atomic mass is 9.96. The number of para-hydroxylation sites is 1. The second-order valence-electron chi connectivity index (χ2n) is 10.3. The van der Waals surface area contributed by atoms with Gasteiger partial charge in [0, 0.05) is 29.8 Å². The Balaban J connectivity index is 1.38. The number of benzene rings is 3. The predicted octanol–water partition coefficient (Wildman–Crippen LogP) is 7.83. The Labute approximate surface area is 241 Å². The minimum absolute atomic E-state index is 0.0683. The molecule has 1 aliphatic heterocycles. The molecule has 0 spiro atoms. The van der Waals surface area contributed by atoms with E-state index in [0.717, 1.165) is 35.0 Å². The Morgan fingerprint density at radius 3 is 2.30 bits per heavy atom. The van der Waals surface area contributed by atoms with Crippen LogP contribution >= 0.6 is 12.2 Å². The van der Waals surface area contributed by atoms with Crippen LogP contribution in [0.2, 0.25) is 0 Å². The summed E-state index contributed by atoms with van der Waals surface area (Å²) < 4.78 is 8.56. The molecule has 6 heteroatoms. The van der Waals surface area contributed by atoms with Crippen LogP contribution < -0.4 is 15.0 Å². The number of rotatable bonds is 7. The van der Waals surface area contributed by atoms with Crippen LogP contribution in [0.5, 0.6) is 11.5 Å². The van der Waals surface area contributed by atoms with E-state index >= 15 is 0 Å². The summed E-state index contributed by atoms with van der Waals surface area (Å²) >= 11 is 5.97. The quantitative estimate of drug-likeness (QED) is 0.212. The molecule has 1 N–H and O–H groups in total. The van der Waals surface area contributed by atoms with Gasteiger partial charge in [0.2, 0.25) is 0 Å². The van der Waals surface area contributed by atoms with Crippen LogP contribution in [0.1, 0.15) is 45.9 Å². The van der Waals surface area contributed by atoms with Crippen molar-refractivity contribution in [1.82, 2.24) is 14.9 Å². The van der Waals surface area contributed by atoms with E-state index in [2.05, 4.69) is 96.2 Å². The molecule has 5 nitrogen and oxygen atoms in total. The van der Waals surface area contributed by atoms with Gasteiger partial charge < -0.3 is 19.5 Å². The number of ether oxygens (including phenoxy) is 1. The molecule has 0 bridgehead atoms. The van der Waals surface area contributed by atoms with E-state index in [1.165, 1.54) is 22.5 Å². The van der Waals surface area contributed by atoms with E-state index in [1.54, 1.807) is 0 Å². The maximum atomic E-state index is 6.17. The van der Waals surface area contributed by atoms with Gasteiger partial charge in [-0.15, -0.1) is 0 Å². The molecule has 3 heterocycles. The molecule has 0 aliphatic carbocycles. The van der Waals surface area contributed by atoms with Crippen molar-refractivity contribution in [2.75, 3.05) is 4.90 Å². The van der Waals surface area contributed by atoms with Crippen molar-refractivity contribution in [1.29, 1.82) is 0 Å². The highest BCUT2D eigenvalue weighted by atomic mass is 32.1. The molecular formula is C34H32N4OS. The lowest BCUT2D eigenvalue weighted by molar-refractivity contribution is 0.479. The second kappa shape index (κ2) is 11.0. The van der Waals surface area contributed by atoms with Crippen molar-refractivity contribution in [3.05, 3.63) is 143 Å². The highest BCUT2D eigenvalue weighted by Crippen LogP contribution is 2.43. The monoisotopic (exact) mass is 544 g/mol. The summed E-state index contributed by atoms with van der Waals surface area (Å²) in [4.78, 5) is 6.94. The molecule has 0 radical (unpaired) electrons. The third kappa shape index (κ3) is 4.98. The molecule has 0 saturated carbocycles. The molecule has 3 aromatic carbocycles.